The van der Waals surface area contributed by atoms with Crippen LogP contribution in [0, 0.1) is 11.3 Å². The summed E-state index contributed by atoms with van der Waals surface area (Å²) < 4.78 is 2.10. The van der Waals surface area contributed by atoms with Crippen molar-refractivity contribution in [1.29, 1.82) is 5.26 Å². The van der Waals surface area contributed by atoms with Gasteiger partial charge in [-0.05, 0) is 17.2 Å². The van der Waals surface area contributed by atoms with E-state index in [2.05, 4.69) is 27.8 Å². The number of rotatable bonds is 4. The molecule has 1 aromatic heterocycles. The molecule has 0 aliphatic rings. The topological polar surface area (TPSA) is 41.6 Å². The van der Waals surface area contributed by atoms with E-state index in [1.165, 1.54) is 5.56 Å². The predicted octanol–water partition coefficient (Wildman–Crippen LogP) is 3.39. The fourth-order valence-electron chi connectivity index (χ4n) is 2.38. The van der Waals surface area contributed by atoms with E-state index in [4.69, 9.17) is 0 Å². The fraction of sp³-hybridized carbons (Fsp3) is 0.111. The molecule has 1 heterocycles. The Hall–Kier alpha value is -2.86. The van der Waals surface area contributed by atoms with Crippen molar-refractivity contribution in [2.24, 2.45) is 0 Å². The summed E-state index contributed by atoms with van der Waals surface area (Å²) in [7, 11) is 0. The van der Waals surface area contributed by atoms with Crippen molar-refractivity contribution in [2.75, 3.05) is 0 Å². The Kier molecular flexibility index (Phi) is 3.79. The molecule has 0 aliphatic heterocycles. The summed E-state index contributed by atoms with van der Waals surface area (Å²) in [4.78, 5) is 4.44. The van der Waals surface area contributed by atoms with Crippen molar-refractivity contribution >= 4 is 0 Å². The van der Waals surface area contributed by atoms with Crippen LogP contribution in [0.15, 0.2) is 67.0 Å². The van der Waals surface area contributed by atoms with E-state index in [0.29, 0.717) is 6.54 Å². The second-order valence-electron chi connectivity index (χ2n) is 4.90. The molecule has 0 saturated carbocycles. The highest BCUT2D eigenvalue weighted by Crippen LogP contribution is 2.13. The number of hydrogen-bond acceptors (Lipinski definition) is 2. The lowest BCUT2D eigenvalue weighted by molar-refractivity contribution is 0.739. The standard InChI is InChI=1S/C18H15N3/c19-13-16-8-4-5-9-17(16)14-21-11-10-20-18(21)12-15-6-2-1-3-7-15/h1-11H,12,14H2. The van der Waals surface area contributed by atoms with Crippen LogP contribution < -0.4 is 0 Å². The number of aromatic nitrogens is 2. The molecule has 21 heavy (non-hydrogen) atoms. The molecule has 3 nitrogen and oxygen atoms in total. The van der Waals surface area contributed by atoms with Gasteiger partial charge < -0.3 is 4.57 Å². The van der Waals surface area contributed by atoms with E-state index in [0.717, 1.165) is 23.4 Å². The number of benzene rings is 2. The molecule has 0 unspecified atom stereocenters. The Morgan fingerprint density at radius 3 is 2.57 bits per heavy atom. The summed E-state index contributed by atoms with van der Waals surface area (Å²) in [6.45, 7) is 0.673. The molecule has 0 N–H and O–H groups in total. The van der Waals surface area contributed by atoms with Gasteiger partial charge in [0, 0.05) is 18.8 Å². The minimum Gasteiger partial charge on any atom is -0.330 e. The molecule has 0 fully saturated rings. The molecule has 3 aromatic rings. The monoisotopic (exact) mass is 273 g/mol. The van der Waals surface area contributed by atoms with Gasteiger partial charge >= 0.3 is 0 Å². The van der Waals surface area contributed by atoms with Crippen LogP contribution in [0.3, 0.4) is 0 Å². The highest BCUT2D eigenvalue weighted by atomic mass is 15.1. The van der Waals surface area contributed by atoms with Crippen molar-refractivity contribution < 1.29 is 0 Å². The van der Waals surface area contributed by atoms with Gasteiger partial charge in [-0.2, -0.15) is 5.26 Å². The Morgan fingerprint density at radius 2 is 1.76 bits per heavy atom. The predicted molar refractivity (Wildman–Crippen MR) is 81.7 cm³/mol. The van der Waals surface area contributed by atoms with Gasteiger partial charge in [-0.25, -0.2) is 4.98 Å². The maximum absolute atomic E-state index is 9.18. The average Bonchev–Trinajstić information content (AvgIpc) is 2.96. The summed E-state index contributed by atoms with van der Waals surface area (Å²) in [5.74, 6) is 1.01. The molecule has 0 amide bonds. The zero-order valence-electron chi connectivity index (χ0n) is 11.6. The summed E-state index contributed by atoms with van der Waals surface area (Å²) in [6, 6.07) is 20.2. The normalized spacial score (nSPS) is 10.2. The molecule has 0 spiro atoms. The van der Waals surface area contributed by atoms with Gasteiger partial charge in [-0.3, -0.25) is 0 Å². The van der Waals surface area contributed by atoms with Crippen LogP contribution in [0.25, 0.3) is 0 Å². The van der Waals surface area contributed by atoms with Gasteiger partial charge in [-0.1, -0.05) is 48.5 Å². The van der Waals surface area contributed by atoms with Gasteiger partial charge in [0.05, 0.1) is 18.2 Å². The van der Waals surface area contributed by atoms with Gasteiger partial charge in [0.25, 0.3) is 0 Å². The summed E-state index contributed by atoms with van der Waals surface area (Å²) in [5.41, 5.74) is 2.97. The van der Waals surface area contributed by atoms with Crippen molar-refractivity contribution in [3.05, 3.63) is 89.5 Å². The van der Waals surface area contributed by atoms with E-state index >= 15 is 0 Å². The molecular weight excluding hydrogens is 258 g/mol. The van der Waals surface area contributed by atoms with Crippen molar-refractivity contribution in [3.63, 3.8) is 0 Å². The zero-order valence-corrected chi connectivity index (χ0v) is 11.6. The van der Waals surface area contributed by atoms with Gasteiger partial charge in [0.1, 0.15) is 5.82 Å². The minimum absolute atomic E-state index is 0.673. The second-order valence-corrected chi connectivity index (χ2v) is 4.90. The number of nitriles is 1. The highest BCUT2D eigenvalue weighted by Gasteiger charge is 2.07. The Morgan fingerprint density at radius 1 is 1.00 bits per heavy atom. The quantitative estimate of drug-likeness (QED) is 0.731. The molecular formula is C18H15N3. The Balaban J connectivity index is 1.85. The fourth-order valence-corrected chi connectivity index (χ4v) is 2.38. The Bertz CT molecular complexity index is 766. The second kappa shape index (κ2) is 6.06. The first kappa shape index (κ1) is 13.1. The molecule has 0 atom stereocenters. The van der Waals surface area contributed by atoms with E-state index in [-0.39, 0.29) is 0 Å². The van der Waals surface area contributed by atoms with Crippen LogP contribution in [0.1, 0.15) is 22.5 Å². The van der Waals surface area contributed by atoms with Crippen LogP contribution in [0.5, 0.6) is 0 Å². The SMILES string of the molecule is N#Cc1ccccc1Cn1ccnc1Cc1ccccc1. The number of nitrogens with zero attached hydrogens (tertiary/aromatic N) is 3. The van der Waals surface area contributed by atoms with Crippen molar-refractivity contribution in [3.8, 4) is 6.07 Å². The largest absolute Gasteiger partial charge is 0.330 e. The first-order valence-corrected chi connectivity index (χ1v) is 6.89. The number of hydrogen-bond donors (Lipinski definition) is 0. The highest BCUT2D eigenvalue weighted by molar-refractivity contribution is 5.37. The van der Waals surface area contributed by atoms with Gasteiger partial charge in [0.2, 0.25) is 0 Å². The summed E-state index contributed by atoms with van der Waals surface area (Å²) in [6.07, 6.45) is 4.57. The molecule has 2 aromatic carbocycles. The number of imidazole rings is 1. The third-order valence-corrected chi connectivity index (χ3v) is 3.49. The maximum atomic E-state index is 9.18. The van der Waals surface area contributed by atoms with Crippen LogP contribution in [-0.2, 0) is 13.0 Å². The van der Waals surface area contributed by atoms with Gasteiger partial charge in [-0.15, -0.1) is 0 Å². The van der Waals surface area contributed by atoms with Crippen LogP contribution in [0.4, 0.5) is 0 Å². The molecule has 0 saturated heterocycles. The minimum atomic E-state index is 0.673. The average molecular weight is 273 g/mol. The third-order valence-electron chi connectivity index (χ3n) is 3.49. The van der Waals surface area contributed by atoms with E-state index in [1.54, 1.807) is 0 Å². The van der Waals surface area contributed by atoms with Crippen molar-refractivity contribution in [2.45, 2.75) is 13.0 Å². The van der Waals surface area contributed by atoms with Gasteiger partial charge in [0.15, 0.2) is 0 Å². The van der Waals surface area contributed by atoms with E-state index < -0.39 is 0 Å². The lowest BCUT2D eigenvalue weighted by atomic mass is 10.1. The molecule has 3 rings (SSSR count). The Labute approximate surface area is 124 Å². The summed E-state index contributed by atoms with van der Waals surface area (Å²) >= 11 is 0. The molecule has 0 aliphatic carbocycles. The van der Waals surface area contributed by atoms with E-state index in [1.807, 2.05) is 54.9 Å². The first-order chi connectivity index (χ1) is 10.4. The molecule has 102 valence electrons. The first-order valence-electron chi connectivity index (χ1n) is 6.89. The van der Waals surface area contributed by atoms with Crippen molar-refractivity contribution in [1.82, 2.24) is 9.55 Å². The zero-order chi connectivity index (χ0) is 14.5. The molecule has 3 heteroatoms. The van der Waals surface area contributed by atoms with Crippen LogP contribution >= 0.6 is 0 Å². The van der Waals surface area contributed by atoms with Crippen LogP contribution in [0.2, 0.25) is 0 Å². The summed E-state index contributed by atoms with van der Waals surface area (Å²) in [5, 5.41) is 9.18. The molecule has 0 bridgehead atoms. The maximum Gasteiger partial charge on any atom is 0.113 e. The third kappa shape index (κ3) is 3.01. The van der Waals surface area contributed by atoms with E-state index in [9.17, 15) is 5.26 Å². The van der Waals surface area contributed by atoms with Crippen LogP contribution in [-0.4, -0.2) is 9.55 Å². The molecule has 0 radical (unpaired) electrons. The smallest absolute Gasteiger partial charge is 0.113 e. The lowest BCUT2D eigenvalue weighted by Gasteiger charge is -2.09. The lowest BCUT2D eigenvalue weighted by Crippen LogP contribution is -2.06.